The lowest BCUT2D eigenvalue weighted by molar-refractivity contribution is -0.163. The lowest BCUT2D eigenvalue weighted by Crippen LogP contribution is -2.40. The summed E-state index contributed by atoms with van der Waals surface area (Å²) < 4.78 is 43.0. The highest BCUT2D eigenvalue weighted by molar-refractivity contribution is 5.76. The van der Waals surface area contributed by atoms with E-state index in [0.29, 0.717) is 12.3 Å². The first-order chi connectivity index (χ1) is 9.94. The molecule has 1 aliphatic rings. The highest BCUT2D eigenvalue weighted by Gasteiger charge is 2.34. The Kier molecular flexibility index (Phi) is 5.27. The summed E-state index contributed by atoms with van der Waals surface area (Å²) in [7, 11) is 0. The Hall–Kier alpha value is -1.50. The van der Waals surface area contributed by atoms with Gasteiger partial charge in [-0.15, -0.1) is 0 Å². The summed E-state index contributed by atoms with van der Waals surface area (Å²) in [6.07, 6.45) is -1.05. The fraction of sp³-hybridized carbons (Fsp3) is 0.643. The van der Waals surface area contributed by atoms with E-state index in [1.807, 2.05) is 0 Å². The maximum absolute atomic E-state index is 12.6. The van der Waals surface area contributed by atoms with Crippen LogP contribution in [0.1, 0.15) is 25.0 Å². The number of hydrogen-bond donors (Lipinski definition) is 1. The van der Waals surface area contributed by atoms with Crippen molar-refractivity contribution in [1.29, 1.82) is 0 Å². The van der Waals surface area contributed by atoms with Gasteiger partial charge >= 0.3 is 6.18 Å². The molecule has 1 atom stereocenters. The van der Waals surface area contributed by atoms with Crippen LogP contribution in [0, 0.1) is 5.92 Å². The van der Waals surface area contributed by atoms with Gasteiger partial charge in [-0.05, 0) is 44.0 Å². The summed E-state index contributed by atoms with van der Waals surface area (Å²) in [6.45, 7) is 0.202. The van der Waals surface area contributed by atoms with Gasteiger partial charge in [-0.3, -0.25) is 4.79 Å². The molecule has 4 nitrogen and oxygen atoms in total. The van der Waals surface area contributed by atoms with Crippen molar-refractivity contribution >= 4 is 5.91 Å². The number of carbonyl (C=O) groups excluding carboxylic acids is 1. The normalized spacial score (nSPS) is 19.5. The van der Waals surface area contributed by atoms with Gasteiger partial charge in [0, 0.05) is 6.42 Å². The van der Waals surface area contributed by atoms with Crippen LogP contribution in [-0.2, 0) is 11.3 Å². The van der Waals surface area contributed by atoms with Crippen LogP contribution in [0.15, 0.2) is 22.8 Å². The molecule has 21 heavy (non-hydrogen) atoms. The largest absolute Gasteiger partial charge is 0.467 e. The van der Waals surface area contributed by atoms with Gasteiger partial charge in [-0.1, -0.05) is 0 Å². The van der Waals surface area contributed by atoms with Gasteiger partial charge in [0.25, 0.3) is 0 Å². The molecule has 2 heterocycles. The molecule has 0 radical (unpaired) electrons. The van der Waals surface area contributed by atoms with Crippen LogP contribution in [-0.4, -0.2) is 36.6 Å². The van der Waals surface area contributed by atoms with E-state index in [0.717, 1.165) is 24.3 Å². The van der Waals surface area contributed by atoms with Crippen molar-refractivity contribution in [1.82, 2.24) is 10.2 Å². The lowest BCUT2D eigenvalue weighted by atomic mass is 9.95. The molecule has 1 unspecified atom stereocenters. The van der Waals surface area contributed by atoms with E-state index in [4.69, 9.17) is 4.42 Å². The molecule has 0 spiro atoms. The second-order valence-electron chi connectivity index (χ2n) is 5.36. The zero-order valence-electron chi connectivity index (χ0n) is 11.7. The quantitative estimate of drug-likeness (QED) is 0.909. The molecular formula is C14H19F3N2O2. The zero-order chi connectivity index (χ0) is 15.3. The predicted octanol–water partition coefficient (Wildman–Crippen LogP) is 2.56. The second-order valence-corrected chi connectivity index (χ2v) is 5.36. The maximum atomic E-state index is 12.6. The molecule has 1 fully saturated rings. The van der Waals surface area contributed by atoms with Gasteiger partial charge in [0.1, 0.15) is 12.3 Å². The number of furan rings is 1. The third-order valence-corrected chi connectivity index (χ3v) is 3.51. The average molecular weight is 304 g/mol. The topological polar surface area (TPSA) is 45.5 Å². The number of rotatable bonds is 5. The molecule has 1 aromatic rings. The highest BCUT2D eigenvalue weighted by Crippen LogP contribution is 2.21. The van der Waals surface area contributed by atoms with Crippen LogP contribution in [0.4, 0.5) is 13.2 Å². The number of hydrogen-bond acceptors (Lipinski definition) is 3. The van der Waals surface area contributed by atoms with E-state index in [9.17, 15) is 18.0 Å². The van der Waals surface area contributed by atoms with Gasteiger partial charge in [-0.25, -0.2) is 0 Å². The SMILES string of the molecule is O=C(CC1CCCNC1)N(Cc1ccco1)CC(F)(F)F. The monoisotopic (exact) mass is 304 g/mol. The minimum absolute atomic E-state index is 0.110. The fourth-order valence-corrected chi connectivity index (χ4v) is 2.51. The number of carbonyl (C=O) groups is 1. The number of piperidine rings is 1. The smallest absolute Gasteiger partial charge is 0.406 e. The summed E-state index contributed by atoms with van der Waals surface area (Å²) in [5.41, 5.74) is 0. The van der Waals surface area contributed by atoms with Crippen molar-refractivity contribution < 1.29 is 22.4 Å². The number of nitrogens with zero attached hydrogens (tertiary/aromatic N) is 1. The van der Waals surface area contributed by atoms with Gasteiger partial charge in [-0.2, -0.15) is 13.2 Å². The fourth-order valence-electron chi connectivity index (χ4n) is 2.51. The molecule has 0 bridgehead atoms. The molecule has 2 rings (SSSR count). The molecule has 0 saturated carbocycles. The third-order valence-electron chi connectivity index (χ3n) is 3.51. The molecule has 0 aromatic carbocycles. The van der Waals surface area contributed by atoms with Crippen molar-refractivity contribution in [2.45, 2.75) is 32.0 Å². The van der Waals surface area contributed by atoms with Crippen molar-refractivity contribution in [3.05, 3.63) is 24.2 Å². The first-order valence-corrected chi connectivity index (χ1v) is 7.01. The van der Waals surface area contributed by atoms with E-state index in [1.165, 1.54) is 6.26 Å². The summed E-state index contributed by atoms with van der Waals surface area (Å²) in [5.74, 6) is -0.00891. The van der Waals surface area contributed by atoms with Crippen LogP contribution in [0.3, 0.4) is 0 Å². The Bertz CT molecular complexity index is 440. The summed E-state index contributed by atoms with van der Waals surface area (Å²) in [6, 6.07) is 3.16. The molecule has 118 valence electrons. The number of amides is 1. The van der Waals surface area contributed by atoms with E-state index in [2.05, 4.69) is 5.32 Å². The average Bonchev–Trinajstić information content (AvgIpc) is 2.90. The zero-order valence-corrected chi connectivity index (χ0v) is 11.7. The van der Waals surface area contributed by atoms with Crippen LogP contribution < -0.4 is 5.32 Å². The van der Waals surface area contributed by atoms with Gasteiger partial charge in [0.2, 0.25) is 5.91 Å². The van der Waals surface area contributed by atoms with Crippen molar-refractivity contribution in [3.63, 3.8) is 0 Å². The predicted molar refractivity (Wildman–Crippen MR) is 70.4 cm³/mol. The molecule has 1 amide bonds. The Morgan fingerprint density at radius 2 is 2.29 bits per heavy atom. The highest BCUT2D eigenvalue weighted by atomic mass is 19.4. The Morgan fingerprint density at radius 1 is 1.48 bits per heavy atom. The molecule has 1 aromatic heterocycles. The summed E-state index contributed by atoms with van der Waals surface area (Å²) in [5, 5.41) is 3.16. The van der Waals surface area contributed by atoms with Crippen LogP contribution in [0.25, 0.3) is 0 Å². The first kappa shape index (κ1) is 15.9. The van der Waals surface area contributed by atoms with E-state index in [-0.39, 0.29) is 18.9 Å². The van der Waals surface area contributed by atoms with Crippen LogP contribution >= 0.6 is 0 Å². The Labute approximate surface area is 121 Å². The van der Waals surface area contributed by atoms with E-state index < -0.39 is 18.6 Å². The standard InChI is InChI=1S/C14H19F3N2O2/c15-14(16,17)10-19(9-12-4-2-6-21-12)13(20)7-11-3-1-5-18-8-11/h2,4,6,11,18H,1,3,5,7-10H2. The van der Waals surface area contributed by atoms with Gasteiger partial charge in [0.15, 0.2) is 0 Å². The number of halogens is 3. The Morgan fingerprint density at radius 3 is 2.86 bits per heavy atom. The number of alkyl halides is 3. The minimum atomic E-state index is -4.41. The van der Waals surface area contributed by atoms with Crippen molar-refractivity contribution in [2.75, 3.05) is 19.6 Å². The molecule has 1 saturated heterocycles. The van der Waals surface area contributed by atoms with E-state index in [1.54, 1.807) is 12.1 Å². The molecule has 1 aliphatic heterocycles. The maximum Gasteiger partial charge on any atom is 0.406 e. The molecule has 1 N–H and O–H groups in total. The van der Waals surface area contributed by atoms with Gasteiger partial charge in [0.05, 0.1) is 12.8 Å². The summed E-state index contributed by atoms with van der Waals surface area (Å²) >= 11 is 0. The van der Waals surface area contributed by atoms with Crippen LogP contribution in [0.5, 0.6) is 0 Å². The van der Waals surface area contributed by atoms with Crippen LogP contribution in [0.2, 0.25) is 0 Å². The van der Waals surface area contributed by atoms with Gasteiger partial charge < -0.3 is 14.6 Å². The molecular weight excluding hydrogens is 285 g/mol. The lowest BCUT2D eigenvalue weighted by Gasteiger charge is -2.27. The minimum Gasteiger partial charge on any atom is -0.467 e. The summed E-state index contributed by atoms with van der Waals surface area (Å²) in [4.78, 5) is 13.0. The van der Waals surface area contributed by atoms with E-state index >= 15 is 0 Å². The van der Waals surface area contributed by atoms with Crippen molar-refractivity contribution in [2.24, 2.45) is 5.92 Å². The van der Waals surface area contributed by atoms with Crippen molar-refractivity contribution in [3.8, 4) is 0 Å². The third kappa shape index (κ3) is 5.41. The molecule has 7 heteroatoms. The number of nitrogens with one attached hydrogen (secondary N) is 1. The first-order valence-electron chi connectivity index (χ1n) is 7.01. The molecule has 0 aliphatic carbocycles. The Balaban J connectivity index is 1.97. The second kappa shape index (κ2) is 6.98.